The van der Waals surface area contributed by atoms with Gasteiger partial charge in [0.1, 0.15) is 11.6 Å². The number of aromatic amines is 1. The van der Waals surface area contributed by atoms with Gasteiger partial charge < -0.3 is 10.3 Å². The Morgan fingerprint density at radius 2 is 2.10 bits per heavy atom. The van der Waals surface area contributed by atoms with Gasteiger partial charge in [-0.2, -0.15) is 0 Å². The van der Waals surface area contributed by atoms with Crippen LogP contribution in [-0.2, 0) is 13.0 Å². The standard InChI is InChI=1S/C16H14FN3/c17-11-4-5-14-15(8-11)20-16(19-14)13-3-1-2-10-9-18-7-6-12(10)13/h1-5,8,18H,6-7,9H2,(H,19,20). The van der Waals surface area contributed by atoms with E-state index in [1.165, 1.54) is 23.3 Å². The van der Waals surface area contributed by atoms with Gasteiger partial charge in [0.25, 0.3) is 0 Å². The van der Waals surface area contributed by atoms with Crippen molar-refractivity contribution in [2.45, 2.75) is 13.0 Å². The summed E-state index contributed by atoms with van der Waals surface area (Å²) < 4.78 is 13.3. The van der Waals surface area contributed by atoms with Crippen molar-refractivity contribution >= 4 is 11.0 Å². The summed E-state index contributed by atoms with van der Waals surface area (Å²) in [5.41, 5.74) is 5.33. The molecule has 100 valence electrons. The Labute approximate surface area is 115 Å². The number of nitrogens with zero attached hydrogens (tertiary/aromatic N) is 1. The molecule has 0 saturated heterocycles. The lowest BCUT2D eigenvalue weighted by Gasteiger charge is -2.19. The van der Waals surface area contributed by atoms with Gasteiger partial charge in [0, 0.05) is 12.1 Å². The maximum absolute atomic E-state index is 13.3. The van der Waals surface area contributed by atoms with Gasteiger partial charge in [0.05, 0.1) is 11.0 Å². The zero-order valence-corrected chi connectivity index (χ0v) is 10.9. The predicted octanol–water partition coefficient (Wildman–Crippen LogP) is 3.01. The third-order valence-electron chi connectivity index (χ3n) is 3.84. The Morgan fingerprint density at radius 1 is 1.15 bits per heavy atom. The molecule has 0 aliphatic carbocycles. The molecular weight excluding hydrogens is 253 g/mol. The first-order valence-electron chi connectivity index (χ1n) is 6.78. The molecule has 0 radical (unpaired) electrons. The van der Waals surface area contributed by atoms with Crippen LogP contribution in [0.5, 0.6) is 0 Å². The van der Waals surface area contributed by atoms with Gasteiger partial charge in [-0.25, -0.2) is 9.37 Å². The molecule has 1 aliphatic rings. The molecule has 1 aromatic heterocycles. The number of aromatic nitrogens is 2. The minimum Gasteiger partial charge on any atom is -0.338 e. The zero-order chi connectivity index (χ0) is 13.5. The van der Waals surface area contributed by atoms with Crippen molar-refractivity contribution in [1.82, 2.24) is 15.3 Å². The molecule has 0 saturated carbocycles. The minimum atomic E-state index is -0.244. The fraction of sp³-hybridized carbons (Fsp3) is 0.188. The molecule has 0 atom stereocenters. The van der Waals surface area contributed by atoms with Gasteiger partial charge >= 0.3 is 0 Å². The van der Waals surface area contributed by atoms with Crippen LogP contribution >= 0.6 is 0 Å². The molecule has 0 bridgehead atoms. The van der Waals surface area contributed by atoms with E-state index in [1.54, 1.807) is 6.07 Å². The fourth-order valence-corrected chi connectivity index (χ4v) is 2.86. The highest BCUT2D eigenvalue weighted by Gasteiger charge is 2.15. The van der Waals surface area contributed by atoms with E-state index in [-0.39, 0.29) is 5.82 Å². The molecule has 0 amide bonds. The number of rotatable bonds is 1. The molecule has 0 unspecified atom stereocenters. The lowest BCUT2D eigenvalue weighted by molar-refractivity contribution is 0.629. The largest absolute Gasteiger partial charge is 0.338 e. The normalized spacial score (nSPS) is 14.4. The average Bonchev–Trinajstić information content (AvgIpc) is 2.89. The first-order valence-corrected chi connectivity index (χ1v) is 6.78. The predicted molar refractivity (Wildman–Crippen MR) is 76.9 cm³/mol. The molecule has 0 spiro atoms. The van der Waals surface area contributed by atoms with Crippen molar-refractivity contribution in [3.8, 4) is 11.4 Å². The lowest BCUT2D eigenvalue weighted by atomic mass is 9.95. The second-order valence-corrected chi connectivity index (χ2v) is 5.12. The Morgan fingerprint density at radius 3 is 3.05 bits per heavy atom. The lowest BCUT2D eigenvalue weighted by Crippen LogP contribution is -2.24. The van der Waals surface area contributed by atoms with Gasteiger partial charge in [-0.1, -0.05) is 18.2 Å². The third-order valence-corrected chi connectivity index (χ3v) is 3.84. The van der Waals surface area contributed by atoms with Crippen molar-refractivity contribution < 1.29 is 4.39 Å². The van der Waals surface area contributed by atoms with E-state index in [4.69, 9.17) is 0 Å². The van der Waals surface area contributed by atoms with E-state index >= 15 is 0 Å². The van der Waals surface area contributed by atoms with E-state index in [2.05, 4.69) is 33.5 Å². The number of imidazole rings is 1. The molecule has 1 aliphatic heterocycles. The topological polar surface area (TPSA) is 40.7 Å². The number of hydrogen-bond acceptors (Lipinski definition) is 2. The van der Waals surface area contributed by atoms with Crippen LogP contribution in [0.25, 0.3) is 22.4 Å². The molecule has 4 heteroatoms. The van der Waals surface area contributed by atoms with Crippen LogP contribution in [0.2, 0.25) is 0 Å². The molecule has 2 heterocycles. The summed E-state index contributed by atoms with van der Waals surface area (Å²) in [7, 11) is 0. The maximum Gasteiger partial charge on any atom is 0.138 e. The summed E-state index contributed by atoms with van der Waals surface area (Å²) in [6, 6.07) is 10.9. The second-order valence-electron chi connectivity index (χ2n) is 5.12. The molecule has 3 aromatic rings. The summed E-state index contributed by atoms with van der Waals surface area (Å²) in [5.74, 6) is 0.580. The SMILES string of the molecule is Fc1ccc2nc(-c3cccc4c3CCNC4)[nH]c2c1. The van der Waals surface area contributed by atoms with Crippen molar-refractivity contribution in [3.63, 3.8) is 0 Å². The number of fused-ring (bicyclic) bond motifs is 2. The molecule has 3 nitrogen and oxygen atoms in total. The Bertz CT molecular complexity index is 792. The number of halogens is 1. The van der Waals surface area contributed by atoms with Crippen LogP contribution in [0, 0.1) is 5.82 Å². The van der Waals surface area contributed by atoms with Crippen LogP contribution in [0.1, 0.15) is 11.1 Å². The van der Waals surface area contributed by atoms with Gasteiger partial charge in [-0.15, -0.1) is 0 Å². The zero-order valence-electron chi connectivity index (χ0n) is 10.9. The van der Waals surface area contributed by atoms with E-state index in [0.717, 1.165) is 41.9 Å². The number of hydrogen-bond donors (Lipinski definition) is 2. The number of nitrogens with one attached hydrogen (secondary N) is 2. The average molecular weight is 267 g/mol. The Kier molecular flexibility index (Phi) is 2.57. The molecule has 4 rings (SSSR count). The molecule has 2 aromatic carbocycles. The molecular formula is C16H14FN3. The first kappa shape index (κ1) is 11.6. The monoisotopic (exact) mass is 267 g/mol. The number of benzene rings is 2. The molecule has 2 N–H and O–H groups in total. The highest BCUT2D eigenvalue weighted by atomic mass is 19.1. The number of H-pyrrole nitrogens is 1. The quantitative estimate of drug-likeness (QED) is 0.711. The molecule has 20 heavy (non-hydrogen) atoms. The van der Waals surface area contributed by atoms with Gasteiger partial charge in [-0.05, 0) is 42.3 Å². The smallest absolute Gasteiger partial charge is 0.138 e. The third kappa shape index (κ3) is 1.80. The minimum absolute atomic E-state index is 0.244. The van der Waals surface area contributed by atoms with E-state index in [1.807, 2.05) is 0 Å². The highest BCUT2D eigenvalue weighted by molar-refractivity contribution is 5.80. The van der Waals surface area contributed by atoms with Crippen molar-refractivity contribution in [1.29, 1.82) is 0 Å². The Balaban J connectivity index is 1.90. The van der Waals surface area contributed by atoms with Crippen LogP contribution in [-0.4, -0.2) is 16.5 Å². The summed E-state index contributed by atoms with van der Waals surface area (Å²) in [6.45, 7) is 1.89. The van der Waals surface area contributed by atoms with Crippen molar-refractivity contribution in [3.05, 3.63) is 53.3 Å². The van der Waals surface area contributed by atoms with Crippen LogP contribution in [0.3, 0.4) is 0 Å². The van der Waals surface area contributed by atoms with Gasteiger partial charge in [0.2, 0.25) is 0 Å². The Hall–Kier alpha value is -2.20. The van der Waals surface area contributed by atoms with Gasteiger partial charge in [0.15, 0.2) is 0 Å². The fourth-order valence-electron chi connectivity index (χ4n) is 2.86. The summed E-state index contributed by atoms with van der Waals surface area (Å²) in [6.07, 6.45) is 0.997. The molecule has 0 fully saturated rings. The summed E-state index contributed by atoms with van der Waals surface area (Å²) in [4.78, 5) is 7.82. The van der Waals surface area contributed by atoms with E-state index in [9.17, 15) is 4.39 Å². The van der Waals surface area contributed by atoms with Crippen molar-refractivity contribution in [2.24, 2.45) is 0 Å². The van der Waals surface area contributed by atoms with E-state index in [0.29, 0.717) is 0 Å². The highest BCUT2D eigenvalue weighted by Crippen LogP contribution is 2.28. The van der Waals surface area contributed by atoms with Crippen molar-refractivity contribution in [2.75, 3.05) is 6.54 Å². The maximum atomic E-state index is 13.3. The summed E-state index contributed by atoms with van der Waals surface area (Å²) >= 11 is 0. The van der Waals surface area contributed by atoms with Crippen LogP contribution in [0.15, 0.2) is 36.4 Å². The summed E-state index contributed by atoms with van der Waals surface area (Å²) in [5, 5.41) is 3.37. The van der Waals surface area contributed by atoms with Crippen LogP contribution in [0.4, 0.5) is 4.39 Å². The van der Waals surface area contributed by atoms with E-state index < -0.39 is 0 Å². The van der Waals surface area contributed by atoms with Crippen LogP contribution < -0.4 is 5.32 Å². The van der Waals surface area contributed by atoms with Gasteiger partial charge in [-0.3, -0.25) is 0 Å². The second kappa shape index (κ2) is 4.42. The first-order chi connectivity index (χ1) is 9.81.